The van der Waals surface area contributed by atoms with Crippen LogP contribution >= 0.6 is 0 Å². The second-order valence-electron chi connectivity index (χ2n) is 3.77. The van der Waals surface area contributed by atoms with Gasteiger partial charge in [-0.2, -0.15) is 0 Å². The number of unbranched alkanes of at least 4 members (excludes halogenated alkanes) is 1. The highest BCUT2D eigenvalue weighted by molar-refractivity contribution is 4.72. The fourth-order valence-electron chi connectivity index (χ4n) is 1.75. The van der Waals surface area contributed by atoms with E-state index in [2.05, 4.69) is 6.92 Å². The Bertz CT molecular complexity index is 110. The Labute approximate surface area is 75.5 Å². The molecular formula is C10H21NO. The van der Waals surface area contributed by atoms with Crippen LogP contribution in [0.3, 0.4) is 0 Å². The summed E-state index contributed by atoms with van der Waals surface area (Å²) in [5, 5.41) is 0. The van der Waals surface area contributed by atoms with Gasteiger partial charge in [0.2, 0.25) is 0 Å². The molecule has 2 N–H and O–H groups in total. The molecule has 0 aliphatic carbocycles. The molecule has 2 unspecified atom stereocenters. The molecule has 12 heavy (non-hydrogen) atoms. The van der Waals surface area contributed by atoms with E-state index in [1.807, 2.05) is 0 Å². The molecule has 1 aliphatic rings. The number of nitrogens with two attached hydrogens (primary N) is 1. The predicted octanol–water partition coefficient (Wildman–Crippen LogP) is 2.07. The molecule has 2 heteroatoms. The summed E-state index contributed by atoms with van der Waals surface area (Å²) in [6, 6.07) is 0.369. The molecule has 2 atom stereocenters. The summed E-state index contributed by atoms with van der Waals surface area (Å²) < 4.78 is 5.52. The van der Waals surface area contributed by atoms with Gasteiger partial charge < -0.3 is 10.5 Å². The van der Waals surface area contributed by atoms with Crippen molar-refractivity contribution < 1.29 is 4.74 Å². The monoisotopic (exact) mass is 171 g/mol. The molecule has 0 aromatic rings. The summed E-state index contributed by atoms with van der Waals surface area (Å²) in [5.41, 5.74) is 5.96. The van der Waals surface area contributed by atoms with E-state index in [-0.39, 0.29) is 0 Å². The van der Waals surface area contributed by atoms with Crippen LogP contribution in [-0.2, 0) is 4.74 Å². The van der Waals surface area contributed by atoms with Crippen molar-refractivity contribution in [1.29, 1.82) is 0 Å². The van der Waals surface area contributed by atoms with Gasteiger partial charge in [0.15, 0.2) is 0 Å². The Kier molecular flexibility index (Phi) is 4.62. The summed E-state index contributed by atoms with van der Waals surface area (Å²) in [6.07, 6.45) is 7.66. The Morgan fingerprint density at radius 3 is 3.00 bits per heavy atom. The van der Waals surface area contributed by atoms with E-state index in [4.69, 9.17) is 10.5 Å². The van der Waals surface area contributed by atoms with Crippen molar-refractivity contribution in [3.63, 3.8) is 0 Å². The second-order valence-corrected chi connectivity index (χ2v) is 3.77. The Hall–Kier alpha value is -0.0800. The first kappa shape index (κ1) is 10.0. The fourth-order valence-corrected chi connectivity index (χ4v) is 1.75. The quantitative estimate of drug-likeness (QED) is 0.687. The number of ether oxygens (including phenoxy) is 1. The lowest BCUT2D eigenvalue weighted by molar-refractivity contribution is 0.0973. The van der Waals surface area contributed by atoms with Gasteiger partial charge in [-0.05, 0) is 25.7 Å². The molecule has 0 saturated carbocycles. The van der Waals surface area contributed by atoms with Crippen LogP contribution in [0.1, 0.15) is 45.4 Å². The van der Waals surface area contributed by atoms with Crippen LogP contribution in [0, 0.1) is 0 Å². The highest BCUT2D eigenvalue weighted by atomic mass is 16.5. The van der Waals surface area contributed by atoms with Gasteiger partial charge >= 0.3 is 0 Å². The molecule has 1 saturated heterocycles. The zero-order valence-electron chi connectivity index (χ0n) is 8.09. The van der Waals surface area contributed by atoms with Crippen LogP contribution in [0.4, 0.5) is 0 Å². The zero-order valence-corrected chi connectivity index (χ0v) is 8.09. The molecule has 1 rings (SSSR count). The van der Waals surface area contributed by atoms with Crippen molar-refractivity contribution in [3.8, 4) is 0 Å². The summed E-state index contributed by atoms with van der Waals surface area (Å²) in [6.45, 7) is 3.16. The molecule has 0 amide bonds. The molecule has 1 heterocycles. The second kappa shape index (κ2) is 5.55. The van der Waals surface area contributed by atoms with Crippen molar-refractivity contribution in [2.75, 3.05) is 6.61 Å². The van der Waals surface area contributed by atoms with Crippen LogP contribution in [0.5, 0.6) is 0 Å². The summed E-state index contributed by atoms with van der Waals surface area (Å²) in [7, 11) is 0. The first-order chi connectivity index (χ1) is 5.83. The highest BCUT2D eigenvalue weighted by Gasteiger charge is 2.17. The van der Waals surface area contributed by atoms with E-state index in [0.29, 0.717) is 12.1 Å². The Morgan fingerprint density at radius 1 is 1.58 bits per heavy atom. The average molecular weight is 171 g/mol. The molecule has 0 spiro atoms. The van der Waals surface area contributed by atoms with E-state index < -0.39 is 0 Å². The summed E-state index contributed by atoms with van der Waals surface area (Å²) in [4.78, 5) is 0. The van der Waals surface area contributed by atoms with Crippen LogP contribution in [0.15, 0.2) is 0 Å². The van der Waals surface area contributed by atoms with Gasteiger partial charge in [0, 0.05) is 12.6 Å². The molecule has 1 aliphatic heterocycles. The molecule has 1 fully saturated rings. The van der Waals surface area contributed by atoms with E-state index in [9.17, 15) is 0 Å². The lowest BCUT2D eigenvalue weighted by Gasteiger charge is -2.15. The number of hydrogen-bond acceptors (Lipinski definition) is 2. The molecule has 0 radical (unpaired) electrons. The molecule has 2 nitrogen and oxygen atoms in total. The molecular weight excluding hydrogens is 150 g/mol. The summed E-state index contributed by atoms with van der Waals surface area (Å²) >= 11 is 0. The van der Waals surface area contributed by atoms with Gasteiger partial charge in [-0.15, -0.1) is 0 Å². The first-order valence-corrected chi connectivity index (χ1v) is 5.20. The standard InChI is InChI=1S/C10H21NO/c1-2-3-5-9(11)8-10-6-4-7-12-10/h9-10H,2-8,11H2,1H3. The lowest BCUT2D eigenvalue weighted by Crippen LogP contribution is -2.25. The third-order valence-electron chi connectivity index (χ3n) is 2.52. The Morgan fingerprint density at radius 2 is 2.42 bits per heavy atom. The largest absolute Gasteiger partial charge is 0.378 e. The highest BCUT2D eigenvalue weighted by Crippen LogP contribution is 2.17. The van der Waals surface area contributed by atoms with E-state index in [0.717, 1.165) is 19.4 Å². The van der Waals surface area contributed by atoms with Gasteiger partial charge in [-0.1, -0.05) is 19.8 Å². The van der Waals surface area contributed by atoms with Crippen LogP contribution in [0.2, 0.25) is 0 Å². The number of hydrogen-bond donors (Lipinski definition) is 1. The van der Waals surface area contributed by atoms with Crippen molar-refractivity contribution in [3.05, 3.63) is 0 Å². The lowest BCUT2D eigenvalue weighted by atomic mass is 10.0. The SMILES string of the molecule is CCCCC(N)CC1CCCO1. The molecule has 72 valence electrons. The number of rotatable bonds is 5. The van der Waals surface area contributed by atoms with Crippen molar-refractivity contribution in [2.45, 2.75) is 57.6 Å². The predicted molar refractivity (Wildman–Crippen MR) is 51.1 cm³/mol. The maximum Gasteiger partial charge on any atom is 0.0590 e. The third kappa shape index (κ3) is 3.55. The van der Waals surface area contributed by atoms with E-state index >= 15 is 0 Å². The molecule has 0 aromatic carbocycles. The minimum atomic E-state index is 0.369. The van der Waals surface area contributed by atoms with Gasteiger partial charge in [-0.25, -0.2) is 0 Å². The molecule has 0 bridgehead atoms. The molecule has 0 aromatic heterocycles. The minimum Gasteiger partial charge on any atom is -0.378 e. The van der Waals surface area contributed by atoms with Crippen molar-refractivity contribution in [1.82, 2.24) is 0 Å². The van der Waals surface area contributed by atoms with Gasteiger partial charge in [0.05, 0.1) is 6.10 Å². The van der Waals surface area contributed by atoms with Crippen molar-refractivity contribution in [2.24, 2.45) is 5.73 Å². The maximum atomic E-state index is 5.96. The van der Waals surface area contributed by atoms with Gasteiger partial charge in [0.25, 0.3) is 0 Å². The smallest absolute Gasteiger partial charge is 0.0590 e. The van der Waals surface area contributed by atoms with E-state index in [1.54, 1.807) is 0 Å². The van der Waals surface area contributed by atoms with Crippen LogP contribution < -0.4 is 5.73 Å². The fraction of sp³-hybridized carbons (Fsp3) is 1.00. The van der Waals surface area contributed by atoms with Crippen molar-refractivity contribution >= 4 is 0 Å². The third-order valence-corrected chi connectivity index (χ3v) is 2.52. The first-order valence-electron chi connectivity index (χ1n) is 5.20. The average Bonchev–Trinajstić information content (AvgIpc) is 2.53. The van der Waals surface area contributed by atoms with Gasteiger partial charge in [0.1, 0.15) is 0 Å². The van der Waals surface area contributed by atoms with Crippen LogP contribution in [0.25, 0.3) is 0 Å². The van der Waals surface area contributed by atoms with E-state index in [1.165, 1.54) is 25.7 Å². The van der Waals surface area contributed by atoms with Crippen LogP contribution in [-0.4, -0.2) is 18.8 Å². The normalized spacial score (nSPS) is 26.0. The minimum absolute atomic E-state index is 0.369. The van der Waals surface area contributed by atoms with Gasteiger partial charge in [-0.3, -0.25) is 0 Å². The topological polar surface area (TPSA) is 35.2 Å². The Balaban J connectivity index is 2.03. The summed E-state index contributed by atoms with van der Waals surface area (Å²) in [5.74, 6) is 0. The zero-order chi connectivity index (χ0) is 8.81. The maximum absolute atomic E-state index is 5.96.